The van der Waals surface area contributed by atoms with E-state index in [4.69, 9.17) is 4.74 Å². The van der Waals surface area contributed by atoms with Gasteiger partial charge in [-0.3, -0.25) is 13.9 Å². The van der Waals surface area contributed by atoms with Crippen LogP contribution in [-0.4, -0.2) is 31.9 Å². The van der Waals surface area contributed by atoms with E-state index in [-0.39, 0.29) is 6.10 Å². The molecule has 1 unspecified atom stereocenters. The van der Waals surface area contributed by atoms with Crippen LogP contribution in [0.3, 0.4) is 0 Å². The maximum Gasteiger partial charge on any atom is 0.263 e. The van der Waals surface area contributed by atoms with Crippen molar-refractivity contribution >= 4 is 22.5 Å². The summed E-state index contributed by atoms with van der Waals surface area (Å²) in [5.74, 6) is 0.408. The molecule has 2 aromatic carbocycles. The number of nitrogens with one attached hydrogen (secondary N) is 1. The topological polar surface area (TPSA) is 72.7 Å². The summed E-state index contributed by atoms with van der Waals surface area (Å²) >= 11 is 0. The maximum absolute atomic E-state index is 12.7. The van der Waals surface area contributed by atoms with Crippen LogP contribution in [0.5, 0.6) is 5.75 Å². The van der Waals surface area contributed by atoms with Crippen LogP contribution in [-0.2, 0) is 11.0 Å². The van der Waals surface area contributed by atoms with Gasteiger partial charge in [-0.15, -0.1) is 0 Å². The zero-order chi connectivity index (χ0) is 22.0. The third-order valence-corrected chi connectivity index (χ3v) is 5.21. The van der Waals surface area contributed by atoms with Gasteiger partial charge in [0.25, 0.3) is 5.91 Å². The SMILES string of the molecule is CC(C)Oc1ccc(-c2cnc3cc(C(=O)NS(C)=O)c(-c4ccccc4)cn23)cc1. The standard InChI is InChI=1S/C24H23N3O3S/c1-16(2)30-19-11-9-18(10-12-19)22-14-25-23-13-20(24(28)26-31(3)29)21(15-27(22)23)17-7-5-4-6-8-17/h4-16H,1-3H3,(H,26,28). The van der Waals surface area contributed by atoms with Gasteiger partial charge in [0.05, 0.1) is 23.6 Å². The average molecular weight is 434 g/mol. The molecule has 4 rings (SSSR count). The number of pyridine rings is 1. The number of rotatable bonds is 6. The molecule has 0 radical (unpaired) electrons. The molecular formula is C24H23N3O3S. The van der Waals surface area contributed by atoms with Gasteiger partial charge in [-0.25, -0.2) is 9.19 Å². The minimum atomic E-state index is -1.46. The van der Waals surface area contributed by atoms with E-state index in [0.717, 1.165) is 28.1 Å². The molecule has 4 aromatic rings. The van der Waals surface area contributed by atoms with Crippen LogP contribution in [0.2, 0.25) is 0 Å². The van der Waals surface area contributed by atoms with Crippen LogP contribution < -0.4 is 9.46 Å². The molecule has 0 saturated carbocycles. The molecule has 2 aromatic heterocycles. The molecular weight excluding hydrogens is 410 g/mol. The minimum absolute atomic E-state index is 0.108. The van der Waals surface area contributed by atoms with E-state index >= 15 is 0 Å². The third kappa shape index (κ3) is 4.51. The highest BCUT2D eigenvalue weighted by atomic mass is 32.2. The van der Waals surface area contributed by atoms with Crippen molar-refractivity contribution in [2.45, 2.75) is 20.0 Å². The zero-order valence-corrected chi connectivity index (χ0v) is 18.3. The van der Waals surface area contributed by atoms with Gasteiger partial charge in [-0.2, -0.15) is 0 Å². The summed E-state index contributed by atoms with van der Waals surface area (Å²) in [5.41, 5.74) is 4.55. The molecule has 0 spiro atoms. The van der Waals surface area contributed by atoms with Gasteiger partial charge < -0.3 is 4.74 Å². The van der Waals surface area contributed by atoms with Crippen LogP contribution in [0.25, 0.3) is 28.0 Å². The number of hydrogen-bond acceptors (Lipinski definition) is 4. The van der Waals surface area contributed by atoms with Crippen molar-refractivity contribution in [2.75, 3.05) is 6.26 Å². The Bertz CT molecular complexity index is 1250. The maximum atomic E-state index is 12.7. The Balaban J connectivity index is 1.83. The van der Waals surface area contributed by atoms with E-state index in [9.17, 15) is 9.00 Å². The fourth-order valence-corrected chi connectivity index (χ4v) is 3.81. The first-order chi connectivity index (χ1) is 14.9. The van der Waals surface area contributed by atoms with Crippen molar-refractivity contribution in [1.82, 2.24) is 14.1 Å². The summed E-state index contributed by atoms with van der Waals surface area (Å²) in [5, 5.41) is 0. The second-order valence-corrected chi connectivity index (χ2v) is 8.53. The number of carbonyl (C=O) groups excluding carboxylic acids is 1. The Hall–Kier alpha value is -3.45. The highest BCUT2D eigenvalue weighted by Gasteiger charge is 2.18. The van der Waals surface area contributed by atoms with Crippen molar-refractivity contribution in [3.8, 4) is 28.1 Å². The monoisotopic (exact) mass is 433 g/mol. The normalized spacial score (nSPS) is 12.1. The summed E-state index contributed by atoms with van der Waals surface area (Å²) < 4.78 is 21.7. The molecule has 1 N–H and O–H groups in total. The predicted molar refractivity (Wildman–Crippen MR) is 123 cm³/mol. The number of fused-ring (bicyclic) bond motifs is 1. The molecule has 7 heteroatoms. The smallest absolute Gasteiger partial charge is 0.263 e. The fraction of sp³-hybridized carbons (Fsp3) is 0.167. The van der Waals surface area contributed by atoms with Crippen LogP contribution in [0.1, 0.15) is 24.2 Å². The van der Waals surface area contributed by atoms with Crippen LogP contribution >= 0.6 is 0 Å². The first-order valence-electron chi connectivity index (χ1n) is 9.90. The number of amides is 1. The van der Waals surface area contributed by atoms with Gasteiger partial charge in [0.2, 0.25) is 0 Å². The number of imidazole rings is 1. The summed E-state index contributed by atoms with van der Waals surface area (Å²) in [4.78, 5) is 17.2. The summed E-state index contributed by atoms with van der Waals surface area (Å²) in [7, 11) is -1.46. The molecule has 1 amide bonds. The van der Waals surface area contributed by atoms with Gasteiger partial charge in [-0.05, 0) is 49.7 Å². The Morgan fingerprint density at radius 1 is 1.06 bits per heavy atom. The van der Waals surface area contributed by atoms with E-state index in [2.05, 4.69) is 9.71 Å². The molecule has 31 heavy (non-hydrogen) atoms. The fourth-order valence-electron chi connectivity index (χ4n) is 3.43. The quantitative estimate of drug-likeness (QED) is 0.487. The lowest BCUT2D eigenvalue weighted by Gasteiger charge is -2.12. The number of nitrogens with zero attached hydrogens (tertiary/aromatic N) is 2. The molecule has 6 nitrogen and oxygen atoms in total. The number of hydrogen-bond donors (Lipinski definition) is 1. The van der Waals surface area contributed by atoms with Crippen molar-refractivity contribution < 1.29 is 13.7 Å². The van der Waals surface area contributed by atoms with Gasteiger partial charge >= 0.3 is 0 Å². The number of aromatic nitrogens is 2. The largest absolute Gasteiger partial charge is 0.491 e. The van der Waals surface area contributed by atoms with Crippen molar-refractivity contribution in [3.63, 3.8) is 0 Å². The van der Waals surface area contributed by atoms with Crippen molar-refractivity contribution in [2.24, 2.45) is 0 Å². The van der Waals surface area contributed by atoms with E-state index in [1.807, 2.05) is 79.0 Å². The van der Waals surface area contributed by atoms with Crippen LogP contribution in [0.15, 0.2) is 73.1 Å². The van der Waals surface area contributed by atoms with Gasteiger partial charge in [0.1, 0.15) is 22.4 Å². The minimum Gasteiger partial charge on any atom is -0.491 e. The molecule has 0 aliphatic rings. The van der Waals surface area contributed by atoms with Crippen molar-refractivity contribution in [1.29, 1.82) is 0 Å². The highest BCUT2D eigenvalue weighted by Crippen LogP contribution is 2.29. The lowest BCUT2D eigenvalue weighted by molar-refractivity contribution is 0.0983. The third-order valence-electron chi connectivity index (χ3n) is 4.73. The first kappa shape index (κ1) is 20.8. The molecule has 0 saturated heterocycles. The number of benzene rings is 2. The van der Waals surface area contributed by atoms with Crippen LogP contribution in [0.4, 0.5) is 0 Å². The second kappa shape index (κ2) is 8.73. The molecule has 0 aliphatic carbocycles. The van der Waals surface area contributed by atoms with Gasteiger partial charge in [0, 0.05) is 23.6 Å². The predicted octanol–water partition coefficient (Wildman–Crippen LogP) is 4.48. The molecule has 158 valence electrons. The Morgan fingerprint density at radius 2 is 1.77 bits per heavy atom. The van der Waals surface area contributed by atoms with E-state index in [1.54, 1.807) is 12.3 Å². The van der Waals surface area contributed by atoms with E-state index in [1.165, 1.54) is 6.26 Å². The van der Waals surface area contributed by atoms with E-state index in [0.29, 0.717) is 11.2 Å². The Morgan fingerprint density at radius 3 is 2.42 bits per heavy atom. The Kier molecular flexibility index (Phi) is 5.86. The first-order valence-corrected chi connectivity index (χ1v) is 11.5. The molecule has 1 atom stereocenters. The molecule has 0 aliphatic heterocycles. The number of ether oxygens (including phenoxy) is 1. The lowest BCUT2D eigenvalue weighted by Crippen LogP contribution is -2.25. The van der Waals surface area contributed by atoms with E-state index < -0.39 is 16.9 Å². The van der Waals surface area contributed by atoms with Crippen LogP contribution in [0, 0.1) is 0 Å². The van der Waals surface area contributed by atoms with Crippen molar-refractivity contribution in [3.05, 3.63) is 78.6 Å². The Labute approximate surface area is 183 Å². The lowest BCUT2D eigenvalue weighted by atomic mass is 10.0. The molecule has 2 heterocycles. The highest BCUT2D eigenvalue weighted by molar-refractivity contribution is 7.82. The molecule has 0 fully saturated rings. The van der Waals surface area contributed by atoms with Gasteiger partial charge in [-0.1, -0.05) is 30.3 Å². The number of carbonyl (C=O) groups is 1. The summed E-state index contributed by atoms with van der Waals surface area (Å²) in [6.07, 6.45) is 5.22. The molecule has 0 bridgehead atoms. The second-order valence-electron chi connectivity index (χ2n) is 7.41. The summed E-state index contributed by atoms with van der Waals surface area (Å²) in [6, 6.07) is 19.2. The zero-order valence-electron chi connectivity index (χ0n) is 17.5. The summed E-state index contributed by atoms with van der Waals surface area (Å²) in [6.45, 7) is 3.98. The average Bonchev–Trinajstić information content (AvgIpc) is 3.16. The van der Waals surface area contributed by atoms with Gasteiger partial charge in [0.15, 0.2) is 0 Å².